The van der Waals surface area contributed by atoms with Crippen LogP contribution in [0.25, 0.3) is 16.7 Å². The summed E-state index contributed by atoms with van der Waals surface area (Å²) >= 11 is 0. The van der Waals surface area contributed by atoms with Gasteiger partial charge in [0.05, 0.1) is 23.1 Å². The van der Waals surface area contributed by atoms with E-state index in [0.717, 1.165) is 16.7 Å². The molecule has 26 heavy (non-hydrogen) atoms. The van der Waals surface area contributed by atoms with E-state index in [2.05, 4.69) is 20.3 Å². The molecule has 0 aliphatic carbocycles. The second-order valence-corrected chi connectivity index (χ2v) is 5.80. The minimum Gasteiger partial charge on any atom is -0.322 e. The van der Waals surface area contributed by atoms with Crippen molar-refractivity contribution < 1.29 is 4.79 Å². The van der Waals surface area contributed by atoms with Gasteiger partial charge in [0.15, 0.2) is 0 Å². The maximum absolute atomic E-state index is 12.4. The SMILES string of the molecule is Cc1nc[nH]c(=O)c1C(=O)Nc1ccc2c(c1)ncn2-c1ccccc1. The minimum atomic E-state index is -0.501. The van der Waals surface area contributed by atoms with Gasteiger partial charge >= 0.3 is 0 Å². The van der Waals surface area contributed by atoms with Crippen LogP contribution in [0.4, 0.5) is 5.69 Å². The molecule has 4 aromatic rings. The van der Waals surface area contributed by atoms with Crippen LogP contribution in [0.1, 0.15) is 16.1 Å². The summed E-state index contributed by atoms with van der Waals surface area (Å²) in [6.07, 6.45) is 3.01. The molecule has 2 heterocycles. The number of hydrogen-bond acceptors (Lipinski definition) is 4. The molecule has 0 saturated heterocycles. The fraction of sp³-hybridized carbons (Fsp3) is 0.0526. The Bertz CT molecular complexity index is 1160. The number of hydrogen-bond donors (Lipinski definition) is 2. The Morgan fingerprint density at radius 1 is 1.12 bits per heavy atom. The molecule has 2 aromatic carbocycles. The van der Waals surface area contributed by atoms with Crippen molar-refractivity contribution in [1.29, 1.82) is 0 Å². The molecule has 2 N–H and O–H groups in total. The Labute approximate surface area is 148 Å². The molecule has 128 valence electrons. The van der Waals surface area contributed by atoms with E-state index < -0.39 is 11.5 Å². The van der Waals surface area contributed by atoms with Gasteiger partial charge in [0.25, 0.3) is 11.5 Å². The number of carbonyl (C=O) groups is 1. The number of H-pyrrole nitrogens is 1. The number of nitrogens with one attached hydrogen (secondary N) is 2. The van der Waals surface area contributed by atoms with Gasteiger partial charge in [-0.3, -0.25) is 14.2 Å². The summed E-state index contributed by atoms with van der Waals surface area (Å²) in [6.45, 7) is 1.62. The Balaban J connectivity index is 1.67. The Kier molecular flexibility index (Phi) is 3.81. The third-order valence-corrected chi connectivity index (χ3v) is 4.11. The van der Waals surface area contributed by atoms with Crippen LogP contribution >= 0.6 is 0 Å². The molecule has 0 unspecified atom stereocenters. The predicted octanol–water partition coefficient (Wildman–Crippen LogP) is 2.67. The van der Waals surface area contributed by atoms with Crippen molar-refractivity contribution in [3.63, 3.8) is 0 Å². The fourth-order valence-corrected chi connectivity index (χ4v) is 2.83. The van der Waals surface area contributed by atoms with Crippen molar-refractivity contribution in [1.82, 2.24) is 19.5 Å². The second-order valence-electron chi connectivity index (χ2n) is 5.80. The molecule has 0 radical (unpaired) electrons. The fourth-order valence-electron chi connectivity index (χ4n) is 2.83. The number of anilines is 1. The monoisotopic (exact) mass is 345 g/mol. The first-order valence-electron chi connectivity index (χ1n) is 8.01. The largest absolute Gasteiger partial charge is 0.322 e. The Morgan fingerprint density at radius 3 is 2.69 bits per heavy atom. The van der Waals surface area contributed by atoms with Gasteiger partial charge in [-0.15, -0.1) is 0 Å². The van der Waals surface area contributed by atoms with E-state index in [1.807, 2.05) is 41.0 Å². The molecule has 1 amide bonds. The van der Waals surface area contributed by atoms with Crippen LogP contribution in [-0.4, -0.2) is 25.4 Å². The van der Waals surface area contributed by atoms with Crippen molar-refractivity contribution in [2.24, 2.45) is 0 Å². The zero-order valence-corrected chi connectivity index (χ0v) is 13.9. The smallest absolute Gasteiger partial charge is 0.263 e. The number of benzene rings is 2. The third-order valence-electron chi connectivity index (χ3n) is 4.11. The number of carbonyl (C=O) groups excluding carboxylic acids is 1. The number of nitrogens with zero attached hydrogens (tertiary/aromatic N) is 3. The van der Waals surface area contributed by atoms with E-state index in [1.54, 1.807) is 25.4 Å². The average molecular weight is 345 g/mol. The number of amides is 1. The molecule has 7 nitrogen and oxygen atoms in total. The zero-order valence-electron chi connectivity index (χ0n) is 13.9. The molecule has 0 aliphatic rings. The predicted molar refractivity (Wildman–Crippen MR) is 98.6 cm³/mol. The summed E-state index contributed by atoms with van der Waals surface area (Å²) < 4.78 is 1.97. The number of fused-ring (bicyclic) bond motifs is 1. The first-order chi connectivity index (χ1) is 12.6. The number of para-hydroxylation sites is 1. The molecule has 0 saturated carbocycles. The summed E-state index contributed by atoms with van der Waals surface area (Å²) in [4.78, 5) is 35.1. The summed E-state index contributed by atoms with van der Waals surface area (Å²) in [5.74, 6) is -0.501. The number of aryl methyl sites for hydroxylation is 1. The van der Waals surface area contributed by atoms with Crippen molar-refractivity contribution in [2.75, 3.05) is 5.32 Å². The average Bonchev–Trinajstić information content (AvgIpc) is 3.05. The standard InChI is InChI=1S/C19H15N5O2/c1-12-17(18(25)21-10-20-12)19(26)23-13-7-8-16-15(9-13)22-11-24(16)14-5-3-2-4-6-14/h2-11H,1H3,(H,23,26)(H,20,21,25). The lowest BCUT2D eigenvalue weighted by atomic mass is 10.2. The van der Waals surface area contributed by atoms with Gasteiger partial charge in [0, 0.05) is 11.4 Å². The van der Waals surface area contributed by atoms with Crippen molar-refractivity contribution in [3.8, 4) is 5.69 Å². The van der Waals surface area contributed by atoms with Crippen LogP contribution in [-0.2, 0) is 0 Å². The number of aromatic amines is 1. The highest BCUT2D eigenvalue weighted by molar-refractivity contribution is 6.05. The molecule has 0 fully saturated rings. The third kappa shape index (κ3) is 2.75. The summed E-state index contributed by atoms with van der Waals surface area (Å²) in [5.41, 5.74) is 3.13. The van der Waals surface area contributed by atoms with Crippen molar-refractivity contribution in [2.45, 2.75) is 6.92 Å². The first-order valence-corrected chi connectivity index (χ1v) is 8.01. The Morgan fingerprint density at radius 2 is 1.92 bits per heavy atom. The molecule has 0 spiro atoms. The van der Waals surface area contributed by atoms with Gasteiger partial charge in [0.2, 0.25) is 0 Å². The van der Waals surface area contributed by atoms with E-state index in [4.69, 9.17) is 0 Å². The molecular weight excluding hydrogens is 330 g/mol. The lowest BCUT2D eigenvalue weighted by Gasteiger charge is -2.07. The van der Waals surface area contributed by atoms with E-state index in [9.17, 15) is 9.59 Å². The minimum absolute atomic E-state index is 0.00223. The molecule has 7 heteroatoms. The van der Waals surface area contributed by atoms with Crippen LogP contribution in [0, 0.1) is 6.92 Å². The lowest BCUT2D eigenvalue weighted by molar-refractivity contribution is 0.102. The van der Waals surface area contributed by atoms with Crippen LogP contribution in [0.5, 0.6) is 0 Å². The molecule has 0 aliphatic heterocycles. The van der Waals surface area contributed by atoms with E-state index >= 15 is 0 Å². The van der Waals surface area contributed by atoms with Gasteiger partial charge in [-0.05, 0) is 37.3 Å². The van der Waals surface area contributed by atoms with E-state index in [1.165, 1.54) is 6.33 Å². The Hall–Kier alpha value is -3.74. The van der Waals surface area contributed by atoms with Gasteiger partial charge in [-0.25, -0.2) is 9.97 Å². The van der Waals surface area contributed by atoms with Gasteiger partial charge in [-0.2, -0.15) is 0 Å². The molecule has 4 rings (SSSR count). The molecule has 0 bridgehead atoms. The molecular formula is C19H15N5O2. The molecule has 0 atom stereocenters. The molecule has 2 aromatic heterocycles. The van der Waals surface area contributed by atoms with E-state index in [-0.39, 0.29) is 5.56 Å². The topological polar surface area (TPSA) is 92.7 Å². The van der Waals surface area contributed by atoms with Crippen LogP contribution in [0.3, 0.4) is 0 Å². The highest BCUT2D eigenvalue weighted by Crippen LogP contribution is 2.21. The maximum Gasteiger partial charge on any atom is 0.263 e. The number of rotatable bonds is 3. The van der Waals surface area contributed by atoms with Crippen molar-refractivity contribution in [3.05, 3.63) is 82.8 Å². The zero-order chi connectivity index (χ0) is 18.1. The van der Waals surface area contributed by atoms with Crippen LogP contribution < -0.4 is 10.9 Å². The summed E-state index contributed by atoms with van der Waals surface area (Å²) in [6, 6.07) is 15.3. The highest BCUT2D eigenvalue weighted by Gasteiger charge is 2.15. The van der Waals surface area contributed by atoms with E-state index in [0.29, 0.717) is 11.4 Å². The van der Waals surface area contributed by atoms with Crippen molar-refractivity contribution >= 4 is 22.6 Å². The lowest BCUT2D eigenvalue weighted by Crippen LogP contribution is -2.25. The number of imidazole rings is 1. The number of aromatic nitrogens is 4. The second kappa shape index (κ2) is 6.29. The normalized spacial score (nSPS) is 10.8. The highest BCUT2D eigenvalue weighted by atomic mass is 16.2. The van der Waals surface area contributed by atoms with Crippen LogP contribution in [0.15, 0.2) is 66.0 Å². The van der Waals surface area contributed by atoms with Gasteiger partial charge < -0.3 is 10.3 Å². The van der Waals surface area contributed by atoms with Crippen LogP contribution in [0.2, 0.25) is 0 Å². The van der Waals surface area contributed by atoms with Gasteiger partial charge in [-0.1, -0.05) is 18.2 Å². The maximum atomic E-state index is 12.4. The van der Waals surface area contributed by atoms with Gasteiger partial charge in [0.1, 0.15) is 11.9 Å². The summed E-state index contributed by atoms with van der Waals surface area (Å²) in [7, 11) is 0. The summed E-state index contributed by atoms with van der Waals surface area (Å²) in [5, 5.41) is 2.73. The first kappa shape index (κ1) is 15.8. The quantitative estimate of drug-likeness (QED) is 0.597.